The lowest BCUT2D eigenvalue weighted by molar-refractivity contribution is -0.141. The molecule has 4 heteroatoms. The van der Waals surface area contributed by atoms with Crippen molar-refractivity contribution in [2.75, 3.05) is 20.1 Å². The van der Waals surface area contributed by atoms with Crippen molar-refractivity contribution in [3.63, 3.8) is 0 Å². The van der Waals surface area contributed by atoms with E-state index in [0.717, 1.165) is 12.1 Å². The highest BCUT2D eigenvalue weighted by Crippen LogP contribution is 2.31. The van der Waals surface area contributed by atoms with Gasteiger partial charge in [-0.2, -0.15) is 0 Å². The van der Waals surface area contributed by atoms with Gasteiger partial charge in [0.05, 0.1) is 5.92 Å². The highest BCUT2D eigenvalue weighted by atomic mass is 16.4. The third-order valence-corrected chi connectivity index (χ3v) is 2.93. The Morgan fingerprint density at radius 3 is 3.00 bits per heavy atom. The minimum atomic E-state index is -0.715. The van der Waals surface area contributed by atoms with Crippen molar-refractivity contribution in [2.24, 2.45) is 5.92 Å². The first-order valence-corrected chi connectivity index (χ1v) is 4.99. The summed E-state index contributed by atoms with van der Waals surface area (Å²) in [5.41, 5.74) is 1.02. The molecule has 1 N–H and O–H groups in total. The van der Waals surface area contributed by atoms with Crippen LogP contribution < -0.4 is 0 Å². The van der Waals surface area contributed by atoms with Crippen LogP contribution >= 0.6 is 0 Å². The molecular formula is C11H14N2O2. The summed E-state index contributed by atoms with van der Waals surface area (Å²) in [6.07, 6.45) is 3.47. The predicted octanol–water partition coefficient (Wildman–Crippen LogP) is 0.811. The maximum Gasteiger partial charge on any atom is 0.308 e. The summed E-state index contributed by atoms with van der Waals surface area (Å²) in [6.45, 7) is 1.41. The smallest absolute Gasteiger partial charge is 0.308 e. The van der Waals surface area contributed by atoms with Crippen molar-refractivity contribution < 1.29 is 9.90 Å². The second kappa shape index (κ2) is 3.98. The van der Waals surface area contributed by atoms with E-state index in [1.54, 1.807) is 12.4 Å². The molecule has 1 aromatic rings. The van der Waals surface area contributed by atoms with Gasteiger partial charge in [0.15, 0.2) is 0 Å². The van der Waals surface area contributed by atoms with Gasteiger partial charge in [-0.25, -0.2) is 0 Å². The van der Waals surface area contributed by atoms with Crippen molar-refractivity contribution >= 4 is 5.97 Å². The van der Waals surface area contributed by atoms with E-state index < -0.39 is 5.97 Å². The van der Waals surface area contributed by atoms with Crippen LogP contribution in [0.5, 0.6) is 0 Å². The summed E-state index contributed by atoms with van der Waals surface area (Å²) >= 11 is 0. The summed E-state index contributed by atoms with van der Waals surface area (Å²) in [4.78, 5) is 17.2. The molecule has 0 aliphatic carbocycles. The van der Waals surface area contributed by atoms with Crippen LogP contribution in [0.25, 0.3) is 0 Å². The van der Waals surface area contributed by atoms with Gasteiger partial charge < -0.3 is 10.0 Å². The Morgan fingerprint density at radius 2 is 2.40 bits per heavy atom. The molecule has 2 heterocycles. The summed E-state index contributed by atoms with van der Waals surface area (Å²) in [7, 11) is 1.95. The number of likely N-dealkylation sites (N-methyl/N-ethyl adjacent to an activating group) is 1. The summed E-state index contributed by atoms with van der Waals surface area (Å²) < 4.78 is 0. The fourth-order valence-corrected chi connectivity index (χ4v) is 2.18. The lowest BCUT2D eigenvalue weighted by Crippen LogP contribution is -2.21. The monoisotopic (exact) mass is 206 g/mol. The molecule has 2 rings (SSSR count). The number of aliphatic carboxylic acids is 1. The second-order valence-corrected chi connectivity index (χ2v) is 4.06. The topological polar surface area (TPSA) is 53.4 Å². The van der Waals surface area contributed by atoms with E-state index in [1.165, 1.54) is 0 Å². The Morgan fingerprint density at radius 1 is 1.60 bits per heavy atom. The highest BCUT2D eigenvalue weighted by molar-refractivity contribution is 5.72. The number of hydrogen-bond donors (Lipinski definition) is 1. The first kappa shape index (κ1) is 10.1. The van der Waals surface area contributed by atoms with Crippen LogP contribution in [0, 0.1) is 5.92 Å². The van der Waals surface area contributed by atoms with Crippen LogP contribution in [0.3, 0.4) is 0 Å². The van der Waals surface area contributed by atoms with Gasteiger partial charge >= 0.3 is 5.97 Å². The predicted molar refractivity (Wildman–Crippen MR) is 55.6 cm³/mol. The number of nitrogens with zero attached hydrogens (tertiary/aromatic N) is 2. The average molecular weight is 206 g/mol. The van der Waals surface area contributed by atoms with Gasteiger partial charge in [-0.05, 0) is 18.7 Å². The molecule has 80 valence electrons. The van der Waals surface area contributed by atoms with Crippen LogP contribution in [0.1, 0.15) is 11.5 Å². The molecule has 0 bridgehead atoms. The number of carbonyl (C=O) groups is 1. The number of pyridine rings is 1. The van der Waals surface area contributed by atoms with Crippen molar-refractivity contribution in [2.45, 2.75) is 5.92 Å². The molecule has 1 aliphatic heterocycles. The summed E-state index contributed by atoms with van der Waals surface area (Å²) in [6, 6.07) is 3.80. The fourth-order valence-electron chi connectivity index (χ4n) is 2.18. The number of carboxylic acids is 1. The quantitative estimate of drug-likeness (QED) is 0.778. The minimum Gasteiger partial charge on any atom is -0.481 e. The van der Waals surface area contributed by atoms with Gasteiger partial charge in [0, 0.05) is 31.4 Å². The van der Waals surface area contributed by atoms with E-state index in [-0.39, 0.29) is 11.8 Å². The third kappa shape index (κ3) is 1.99. The van der Waals surface area contributed by atoms with Crippen LogP contribution in [0.2, 0.25) is 0 Å². The summed E-state index contributed by atoms with van der Waals surface area (Å²) in [5.74, 6) is -0.950. The van der Waals surface area contributed by atoms with Crippen LogP contribution in [-0.2, 0) is 4.79 Å². The third-order valence-electron chi connectivity index (χ3n) is 2.93. The van der Waals surface area contributed by atoms with Crippen LogP contribution in [-0.4, -0.2) is 41.1 Å². The molecule has 0 amide bonds. The standard InChI is InChI=1S/C11H14N2O2/c1-13-6-9(10(7-13)11(14)15)8-3-2-4-12-5-8/h2-5,9-10H,6-7H2,1H3,(H,14,15). The Hall–Kier alpha value is -1.42. The number of likely N-dealkylation sites (tertiary alicyclic amines) is 1. The van der Waals surface area contributed by atoms with Crippen molar-refractivity contribution in [1.29, 1.82) is 0 Å². The molecule has 1 saturated heterocycles. The van der Waals surface area contributed by atoms with Crippen molar-refractivity contribution in [3.05, 3.63) is 30.1 Å². The zero-order valence-electron chi connectivity index (χ0n) is 8.63. The van der Waals surface area contributed by atoms with Crippen LogP contribution in [0.15, 0.2) is 24.5 Å². The largest absolute Gasteiger partial charge is 0.481 e. The molecule has 0 radical (unpaired) electrons. The van der Waals surface area contributed by atoms with Crippen molar-refractivity contribution in [3.8, 4) is 0 Å². The fraction of sp³-hybridized carbons (Fsp3) is 0.455. The van der Waals surface area contributed by atoms with E-state index in [2.05, 4.69) is 9.88 Å². The SMILES string of the molecule is CN1CC(C(=O)O)C(c2cccnc2)C1. The number of rotatable bonds is 2. The molecule has 2 atom stereocenters. The number of carboxylic acid groups (broad SMARTS) is 1. The summed E-state index contributed by atoms with van der Waals surface area (Å²) in [5, 5.41) is 9.12. The van der Waals surface area contributed by atoms with E-state index in [9.17, 15) is 4.79 Å². The van der Waals surface area contributed by atoms with Gasteiger partial charge in [0.1, 0.15) is 0 Å². The first-order chi connectivity index (χ1) is 7.18. The first-order valence-electron chi connectivity index (χ1n) is 4.99. The highest BCUT2D eigenvalue weighted by Gasteiger charge is 2.36. The Balaban J connectivity index is 2.24. The molecule has 4 nitrogen and oxygen atoms in total. The average Bonchev–Trinajstić information content (AvgIpc) is 2.62. The maximum absolute atomic E-state index is 11.1. The van der Waals surface area contributed by atoms with Crippen molar-refractivity contribution in [1.82, 2.24) is 9.88 Å². The molecular weight excluding hydrogens is 192 g/mol. The van der Waals surface area contributed by atoms with Gasteiger partial charge in [-0.1, -0.05) is 6.07 Å². The molecule has 1 fully saturated rings. The molecule has 15 heavy (non-hydrogen) atoms. The maximum atomic E-state index is 11.1. The molecule has 2 unspecified atom stereocenters. The Labute approximate surface area is 88.6 Å². The van der Waals surface area contributed by atoms with E-state index in [1.807, 2.05) is 19.2 Å². The van der Waals surface area contributed by atoms with Gasteiger partial charge in [0.25, 0.3) is 0 Å². The van der Waals surface area contributed by atoms with Gasteiger partial charge in [0.2, 0.25) is 0 Å². The molecule has 1 aromatic heterocycles. The normalized spacial score (nSPS) is 26.7. The molecule has 0 aromatic carbocycles. The Bertz CT molecular complexity index is 353. The minimum absolute atomic E-state index is 0.0706. The molecule has 0 saturated carbocycles. The molecule has 1 aliphatic rings. The Kier molecular flexibility index (Phi) is 2.68. The number of aromatic nitrogens is 1. The van der Waals surface area contributed by atoms with Gasteiger partial charge in [-0.15, -0.1) is 0 Å². The van der Waals surface area contributed by atoms with E-state index in [0.29, 0.717) is 6.54 Å². The van der Waals surface area contributed by atoms with Crippen LogP contribution in [0.4, 0.5) is 0 Å². The molecule has 0 spiro atoms. The zero-order chi connectivity index (χ0) is 10.8. The lowest BCUT2D eigenvalue weighted by Gasteiger charge is -2.13. The zero-order valence-corrected chi connectivity index (χ0v) is 8.63. The number of hydrogen-bond acceptors (Lipinski definition) is 3. The van der Waals surface area contributed by atoms with E-state index in [4.69, 9.17) is 5.11 Å². The second-order valence-electron chi connectivity index (χ2n) is 4.06. The van der Waals surface area contributed by atoms with Gasteiger partial charge in [-0.3, -0.25) is 9.78 Å². The van der Waals surface area contributed by atoms with E-state index >= 15 is 0 Å². The lowest BCUT2D eigenvalue weighted by atomic mass is 9.90.